The van der Waals surface area contributed by atoms with Crippen molar-refractivity contribution >= 4 is 5.97 Å². The minimum absolute atomic E-state index is 0.103. The summed E-state index contributed by atoms with van der Waals surface area (Å²) in [5.41, 5.74) is 0. The predicted octanol–water partition coefficient (Wildman–Crippen LogP) is 0.957. The summed E-state index contributed by atoms with van der Waals surface area (Å²) in [7, 11) is 0. The van der Waals surface area contributed by atoms with E-state index in [0.29, 0.717) is 6.61 Å². The fourth-order valence-corrected chi connectivity index (χ4v) is 0.626. The Balaban J connectivity index is 3.57. The van der Waals surface area contributed by atoms with Crippen molar-refractivity contribution < 1.29 is 14.6 Å². The molecule has 0 radical (unpaired) electrons. The molecule has 1 atom stereocenters. The van der Waals surface area contributed by atoms with Crippen molar-refractivity contribution in [2.75, 3.05) is 6.61 Å². The molecule has 0 heterocycles. The van der Waals surface area contributed by atoms with Crippen LogP contribution in [0.5, 0.6) is 0 Å². The summed E-state index contributed by atoms with van der Waals surface area (Å²) in [6.07, 6.45) is -0.472. The third-order valence-electron chi connectivity index (χ3n) is 1.45. The highest BCUT2D eigenvalue weighted by atomic mass is 16.5. The van der Waals surface area contributed by atoms with Gasteiger partial charge in [-0.05, 0) is 12.8 Å². The zero-order valence-electron chi connectivity index (χ0n) is 7.33. The van der Waals surface area contributed by atoms with Crippen molar-refractivity contribution in [1.29, 1.82) is 0 Å². The molecule has 0 fully saturated rings. The van der Waals surface area contributed by atoms with Crippen LogP contribution < -0.4 is 0 Å². The molecule has 0 aromatic carbocycles. The van der Waals surface area contributed by atoms with E-state index >= 15 is 0 Å². The Bertz CT molecular complexity index is 121. The molecule has 0 aromatic heterocycles. The second kappa shape index (κ2) is 5.13. The largest absolute Gasteiger partial charge is 0.466 e. The highest BCUT2D eigenvalue weighted by Gasteiger charge is 2.14. The molecule has 3 heteroatoms. The molecule has 0 amide bonds. The molecular weight excluding hydrogens is 144 g/mol. The fraction of sp³-hybridized carbons (Fsp3) is 0.875. The van der Waals surface area contributed by atoms with Gasteiger partial charge in [0.25, 0.3) is 0 Å². The first-order chi connectivity index (χ1) is 5.07. The molecule has 0 aliphatic heterocycles. The Kier molecular flexibility index (Phi) is 4.86. The average Bonchev–Trinajstić information content (AvgIpc) is 1.87. The molecule has 0 saturated heterocycles. The number of carbonyl (C=O) groups excluding carboxylic acids is 1. The number of ether oxygens (including phenoxy) is 1. The van der Waals surface area contributed by atoms with E-state index in [1.807, 2.05) is 13.8 Å². The van der Waals surface area contributed by atoms with Gasteiger partial charge >= 0.3 is 5.97 Å². The van der Waals surface area contributed by atoms with Gasteiger partial charge in [-0.3, -0.25) is 4.79 Å². The van der Waals surface area contributed by atoms with E-state index in [9.17, 15) is 9.90 Å². The smallest absolute Gasteiger partial charge is 0.308 e. The first kappa shape index (κ1) is 10.4. The Morgan fingerprint density at radius 3 is 2.45 bits per heavy atom. The predicted molar refractivity (Wildman–Crippen MR) is 42.1 cm³/mol. The number of aliphatic hydroxyl groups is 1. The quantitative estimate of drug-likeness (QED) is 0.623. The van der Waals surface area contributed by atoms with Crippen LogP contribution in [0.15, 0.2) is 0 Å². The number of hydrogen-bond donors (Lipinski definition) is 1. The number of aliphatic hydroxyl groups excluding tert-OH is 1. The third-order valence-corrected chi connectivity index (χ3v) is 1.45. The van der Waals surface area contributed by atoms with Gasteiger partial charge in [0.15, 0.2) is 0 Å². The normalized spacial score (nSPS) is 13.2. The van der Waals surface area contributed by atoms with Gasteiger partial charge in [-0.15, -0.1) is 0 Å². The SMILES string of the molecule is CCOC(=O)CC(O)C(C)C. The van der Waals surface area contributed by atoms with Crippen molar-refractivity contribution in [3.05, 3.63) is 0 Å². The Morgan fingerprint density at radius 1 is 1.55 bits per heavy atom. The van der Waals surface area contributed by atoms with Gasteiger partial charge in [0.1, 0.15) is 0 Å². The summed E-state index contributed by atoms with van der Waals surface area (Å²) in [5.74, 6) is -0.215. The topological polar surface area (TPSA) is 46.5 Å². The lowest BCUT2D eigenvalue weighted by Crippen LogP contribution is -2.20. The van der Waals surface area contributed by atoms with Gasteiger partial charge in [0.05, 0.1) is 19.1 Å². The van der Waals surface area contributed by atoms with E-state index < -0.39 is 6.10 Å². The molecule has 1 unspecified atom stereocenters. The van der Waals surface area contributed by atoms with Crippen molar-refractivity contribution in [3.63, 3.8) is 0 Å². The van der Waals surface area contributed by atoms with Crippen molar-refractivity contribution in [3.8, 4) is 0 Å². The summed E-state index contributed by atoms with van der Waals surface area (Å²) in [5, 5.41) is 9.22. The van der Waals surface area contributed by atoms with Gasteiger partial charge in [0, 0.05) is 0 Å². The first-order valence-electron chi connectivity index (χ1n) is 3.91. The van der Waals surface area contributed by atoms with Crippen LogP contribution in [0.2, 0.25) is 0 Å². The standard InChI is InChI=1S/C8H16O3/c1-4-11-8(10)5-7(9)6(2)3/h6-7,9H,4-5H2,1-3H3. The third kappa shape index (κ3) is 4.79. The summed E-state index contributed by atoms with van der Waals surface area (Å²) in [6, 6.07) is 0. The number of rotatable bonds is 4. The van der Waals surface area contributed by atoms with E-state index in [-0.39, 0.29) is 18.3 Å². The van der Waals surface area contributed by atoms with Crippen LogP contribution in [0.1, 0.15) is 27.2 Å². The molecule has 0 bridgehead atoms. The molecule has 0 aromatic rings. The van der Waals surface area contributed by atoms with Crippen LogP contribution >= 0.6 is 0 Å². The number of carbonyl (C=O) groups is 1. The maximum Gasteiger partial charge on any atom is 0.308 e. The number of esters is 1. The first-order valence-corrected chi connectivity index (χ1v) is 3.91. The van der Waals surface area contributed by atoms with E-state index in [4.69, 9.17) is 0 Å². The van der Waals surface area contributed by atoms with E-state index in [2.05, 4.69) is 4.74 Å². The van der Waals surface area contributed by atoms with Crippen LogP contribution in [0.25, 0.3) is 0 Å². The van der Waals surface area contributed by atoms with E-state index in [0.717, 1.165) is 0 Å². The molecule has 0 aliphatic carbocycles. The van der Waals surface area contributed by atoms with E-state index in [1.54, 1.807) is 6.92 Å². The molecule has 3 nitrogen and oxygen atoms in total. The molecule has 11 heavy (non-hydrogen) atoms. The molecule has 66 valence electrons. The zero-order chi connectivity index (χ0) is 8.85. The Labute approximate surface area is 67.4 Å². The summed E-state index contributed by atoms with van der Waals surface area (Å²) in [4.78, 5) is 10.8. The van der Waals surface area contributed by atoms with Crippen molar-refractivity contribution in [2.45, 2.75) is 33.3 Å². The number of hydrogen-bond acceptors (Lipinski definition) is 3. The maximum absolute atomic E-state index is 10.8. The highest BCUT2D eigenvalue weighted by molar-refractivity contribution is 5.69. The van der Waals surface area contributed by atoms with Crippen LogP contribution in [0, 0.1) is 5.92 Å². The minimum atomic E-state index is -0.575. The van der Waals surface area contributed by atoms with Crippen molar-refractivity contribution in [1.82, 2.24) is 0 Å². The van der Waals surface area contributed by atoms with Gasteiger partial charge < -0.3 is 9.84 Å². The van der Waals surface area contributed by atoms with Crippen molar-refractivity contribution in [2.24, 2.45) is 5.92 Å². The maximum atomic E-state index is 10.8. The van der Waals surface area contributed by atoms with Crippen LogP contribution in [-0.2, 0) is 9.53 Å². The summed E-state index contributed by atoms with van der Waals surface area (Å²) in [6.45, 7) is 5.86. The monoisotopic (exact) mass is 160 g/mol. The highest BCUT2D eigenvalue weighted by Crippen LogP contribution is 2.05. The summed E-state index contributed by atoms with van der Waals surface area (Å²) >= 11 is 0. The minimum Gasteiger partial charge on any atom is -0.466 e. The fourth-order valence-electron chi connectivity index (χ4n) is 0.626. The second-order valence-corrected chi connectivity index (χ2v) is 2.82. The Morgan fingerprint density at radius 2 is 2.09 bits per heavy atom. The second-order valence-electron chi connectivity index (χ2n) is 2.82. The van der Waals surface area contributed by atoms with Gasteiger partial charge in [0.2, 0.25) is 0 Å². The van der Waals surface area contributed by atoms with Gasteiger partial charge in [-0.2, -0.15) is 0 Å². The molecular formula is C8H16O3. The molecule has 0 aliphatic rings. The lowest BCUT2D eigenvalue weighted by molar-refractivity contribution is -0.145. The molecule has 0 saturated carbocycles. The van der Waals surface area contributed by atoms with E-state index in [1.165, 1.54) is 0 Å². The van der Waals surface area contributed by atoms with Crippen LogP contribution in [-0.4, -0.2) is 23.8 Å². The molecule has 0 rings (SSSR count). The molecule has 0 spiro atoms. The zero-order valence-corrected chi connectivity index (χ0v) is 7.33. The Hall–Kier alpha value is -0.570. The van der Waals surface area contributed by atoms with Crippen LogP contribution in [0.4, 0.5) is 0 Å². The van der Waals surface area contributed by atoms with Gasteiger partial charge in [-0.1, -0.05) is 13.8 Å². The van der Waals surface area contributed by atoms with Crippen LogP contribution in [0.3, 0.4) is 0 Å². The lowest BCUT2D eigenvalue weighted by atomic mass is 10.1. The molecule has 1 N–H and O–H groups in total. The van der Waals surface area contributed by atoms with Gasteiger partial charge in [-0.25, -0.2) is 0 Å². The summed E-state index contributed by atoms with van der Waals surface area (Å²) < 4.78 is 4.66. The average molecular weight is 160 g/mol. The lowest BCUT2D eigenvalue weighted by Gasteiger charge is -2.12.